The van der Waals surface area contributed by atoms with E-state index in [1.807, 2.05) is 18.7 Å². The van der Waals surface area contributed by atoms with Crippen molar-refractivity contribution in [3.05, 3.63) is 18.7 Å². The molecule has 2 rings (SSSR count). The standard InChI is InChI=1S/C10H18N4/c1-10(14-7-4-12-9-14)8-13-5-2-11-3-6-13/h4,7,9-11H,2-3,5-6,8H2,1H3. The Bertz CT molecular complexity index is 251. The third kappa shape index (κ3) is 2.33. The second-order valence-electron chi connectivity index (χ2n) is 3.91. The van der Waals surface area contributed by atoms with Gasteiger partial charge in [-0.1, -0.05) is 0 Å². The van der Waals surface area contributed by atoms with E-state index in [0.717, 1.165) is 19.6 Å². The Hall–Kier alpha value is -0.870. The third-order valence-electron chi connectivity index (χ3n) is 2.77. The van der Waals surface area contributed by atoms with Gasteiger partial charge in [0.05, 0.1) is 6.33 Å². The molecule has 1 saturated heterocycles. The quantitative estimate of drug-likeness (QED) is 0.753. The van der Waals surface area contributed by atoms with E-state index in [1.54, 1.807) is 0 Å². The van der Waals surface area contributed by atoms with Gasteiger partial charge in [0, 0.05) is 51.2 Å². The Balaban J connectivity index is 1.84. The van der Waals surface area contributed by atoms with Gasteiger partial charge in [0.1, 0.15) is 0 Å². The van der Waals surface area contributed by atoms with Gasteiger partial charge in [0.2, 0.25) is 0 Å². The summed E-state index contributed by atoms with van der Waals surface area (Å²) in [7, 11) is 0. The van der Waals surface area contributed by atoms with Crippen LogP contribution in [0.25, 0.3) is 0 Å². The predicted octanol–water partition coefficient (Wildman–Crippen LogP) is 0.349. The van der Waals surface area contributed by atoms with Crippen LogP contribution in [0, 0.1) is 0 Å². The van der Waals surface area contributed by atoms with Crippen LogP contribution in [0.1, 0.15) is 13.0 Å². The lowest BCUT2D eigenvalue weighted by molar-refractivity contribution is 0.212. The zero-order chi connectivity index (χ0) is 9.80. The summed E-state index contributed by atoms with van der Waals surface area (Å²) in [5.74, 6) is 0. The monoisotopic (exact) mass is 194 g/mol. The third-order valence-corrected chi connectivity index (χ3v) is 2.77. The molecule has 0 bridgehead atoms. The summed E-state index contributed by atoms with van der Waals surface area (Å²) >= 11 is 0. The Labute approximate surface area is 84.9 Å². The molecule has 0 radical (unpaired) electrons. The van der Waals surface area contributed by atoms with Gasteiger partial charge in [0.25, 0.3) is 0 Å². The first-order valence-corrected chi connectivity index (χ1v) is 5.27. The molecule has 1 aliphatic rings. The van der Waals surface area contributed by atoms with Crippen LogP contribution < -0.4 is 5.32 Å². The fraction of sp³-hybridized carbons (Fsp3) is 0.700. The van der Waals surface area contributed by atoms with Crippen molar-refractivity contribution in [3.63, 3.8) is 0 Å². The number of nitrogens with one attached hydrogen (secondary N) is 1. The van der Waals surface area contributed by atoms with Gasteiger partial charge in [-0.25, -0.2) is 4.98 Å². The summed E-state index contributed by atoms with van der Waals surface area (Å²) in [5, 5.41) is 3.36. The topological polar surface area (TPSA) is 33.1 Å². The average molecular weight is 194 g/mol. The molecule has 1 fully saturated rings. The molecule has 14 heavy (non-hydrogen) atoms. The first-order valence-electron chi connectivity index (χ1n) is 5.27. The Morgan fingerprint density at radius 2 is 2.21 bits per heavy atom. The summed E-state index contributed by atoms with van der Waals surface area (Å²) in [6.45, 7) is 7.94. The molecule has 4 nitrogen and oxygen atoms in total. The maximum Gasteiger partial charge on any atom is 0.0948 e. The number of rotatable bonds is 3. The molecule has 4 heteroatoms. The van der Waals surface area contributed by atoms with Crippen LogP contribution in [-0.4, -0.2) is 47.2 Å². The highest BCUT2D eigenvalue weighted by molar-refractivity contribution is 4.81. The largest absolute Gasteiger partial charge is 0.333 e. The van der Waals surface area contributed by atoms with Crippen molar-refractivity contribution in [3.8, 4) is 0 Å². The van der Waals surface area contributed by atoms with E-state index in [2.05, 4.69) is 26.7 Å². The van der Waals surface area contributed by atoms with E-state index >= 15 is 0 Å². The molecule has 1 N–H and O–H groups in total. The Kier molecular flexibility index (Phi) is 3.16. The molecule has 1 atom stereocenters. The van der Waals surface area contributed by atoms with Crippen molar-refractivity contribution in [1.29, 1.82) is 0 Å². The van der Waals surface area contributed by atoms with Crippen LogP contribution in [0.4, 0.5) is 0 Å². The van der Waals surface area contributed by atoms with Crippen molar-refractivity contribution in [1.82, 2.24) is 19.8 Å². The molecule has 0 aromatic carbocycles. The maximum atomic E-state index is 4.07. The summed E-state index contributed by atoms with van der Waals surface area (Å²) in [6, 6.07) is 0.524. The van der Waals surface area contributed by atoms with Crippen LogP contribution in [0.3, 0.4) is 0 Å². The van der Waals surface area contributed by atoms with Gasteiger partial charge in [0.15, 0.2) is 0 Å². The highest BCUT2D eigenvalue weighted by atomic mass is 15.2. The molecule has 1 unspecified atom stereocenters. The van der Waals surface area contributed by atoms with E-state index in [9.17, 15) is 0 Å². The van der Waals surface area contributed by atoms with Crippen molar-refractivity contribution in [2.45, 2.75) is 13.0 Å². The normalized spacial score (nSPS) is 20.9. The lowest BCUT2D eigenvalue weighted by Gasteiger charge is -2.29. The molecule has 1 aliphatic heterocycles. The number of nitrogens with zero attached hydrogens (tertiary/aromatic N) is 3. The van der Waals surface area contributed by atoms with Crippen LogP contribution >= 0.6 is 0 Å². The average Bonchev–Trinajstić information content (AvgIpc) is 2.72. The number of hydrogen-bond acceptors (Lipinski definition) is 3. The fourth-order valence-corrected chi connectivity index (χ4v) is 1.89. The zero-order valence-corrected chi connectivity index (χ0v) is 8.69. The molecular weight excluding hydrogens is 176 g/mol. The van der Waals surface area contributed by atoms with Gasteiger partial charge < -0.3 is 9.88 Å². The van der Waals surface area contributed by atoms with Gasteiger partial charge in [-0.05, 0) is 6.92 Å². The zero-order valence-electron chi connectivity index (χ0n) is 8.69. The van der Waals surface area contributed by atoms with E-state index in [-0.39, 0.29) is 0 Å². The smallest absolute Gasteiger partial charge is 0.0948 e. The van der Waals surface area contributed by atoms with Crippen molar-refractivity contribution < 1.29 is 0 Å². The first-order chi connectivity index (χ1) is 6.86. The van der Waals surface area contributed by atoms with Gasteiger partial charge in [-0.3, -0.25) is 4.90 Å². The lowest BCUT2D eigenvalue weighted by Crippen LogP contribution is -2.45. The minimum absolute atomic E-state index is 0.524. The number of hydrogen-bond donors (Lipinski definition) is 1. The fourth-order valence-electron chi connectivity index (χ4n) is 1.89. The van der Waals surface area contributed by atoms with Gasteiger partial charge >= 0.3 is 0 Å². The van der Waals surface area contributed by atoms with Crippen LogP contribution in [0.15, 0.2) is 18.7 Å². The van der Waals surface area contributed by atoms with Gasteiger partial charge in [-0.2, -0.15) is 0 Å². The van der Waals surface area contributed by atoms with E-state index in [4.69, 9.17) is 0 Å². The summed E-state index contributed by atoms with van der Waals surface area (Å²) in [6.07, 6.45) is 5.77. The molecule has 0 aliphatic carbocycles. The number of aromatic nitrogens is 2. The highest BCUT2D eigenvalue weighted by Crippen LogP contribution is 2.07. The molecule has 1 aromatic rings. The second-order valence-corrected chi connectivity index (χ2v) is 3.91. The molecule has 0 saturated carbocycles. The van der Waals surface area contributed by atoms with Gasteiger partial charge in [-0.15, -0.1) is 0 Å². The van der Waals surface area contributed by atoms with Crippen LogP contribution in [-0.2, 0) is 0 Å². The van der Waals surface area contributed by atoms with Crippen molar-refractivity contribution in [2.24, 2.45) is 0 Å². The van der Waals surface area contributed by atoms with E-state index in [0.29, 0.717) is 6.04 Å². The first kappa shape index (κ1) is 9.68. The van der Waals surface area contributed by atoms with Crippen molar-refractivity contribution >= 4 is 0 Å². The molecule has 78 valence electrons. The molecule has 0 spiro atoms. The molecular formula is C10H18N4. The molecule has 0 amide bonds. The SMILES string of the molecule is CC(CN1CCNCC1)n1ccnc1. The maximum absolute atomic E-state index is 4.07. The number of imidazole rings is 1. The lowest BCUT2D eigenvalue weighted by atomic mass is 10.2. The Morgan fingerprint density at radius 1 is 1.43 bits per heavy atom. The summed E-state index contributed by atoms with van der Waals surface area (Å²) < 4.78 is 2.17. The van der Waals surface area contributed by atoms with Crippen LogP contribution in [0.2, 0.25) is 0 Å². The minimum Gasteiger partial charge on any atom is -0.333 e. The Morgan fingerprint density at radius 3 is 2.86 bits per heavy atom. The number of piperazine rings is 1. The summed E-state index contributed by atoms with van der Waals surface area (Å²) in [5.41, 5.74) is 0. The van der Waals surface area contributed by atoms with Crippen molar-refractivity contribution in [2.75, 3.05) is 32.7 Å². The highest BCUT2D eigenvalue weighted by Gasteiger charge is 2.13. The van der Waals surface area contributed by atoms with Crippen LogP contribution in [0.5, 0.6) is 0 Å². The van der Waals surface area contributed by atoms with E-state index < -0.39 is 0 Å². The second kappa shape index (κ2) is 4.57. The summed E-state index contributed by atoms with van der Waals surface area (Å²) in [4.78, 5) is 6.57. The molecule has 1 aromatic heterocycles. The predicted molar refractivity (Wildman–Crippen MR) is 56.2 cm³/mol. The van der Waals surface area contributed by atoms with E-state index in [1.165, 1.54) is 13.1 Å². The molecule has 2 heterocycles. The minimum atomic E-state index is 0.524.